The molecule has 0 radical (unpaired) electrons. The summed E-state index contributed by atoms with van der Waals surface area (Å²) in [5, 5.41) is 6.26. The number of urea groups is 1. The van der Waals surface area contributed by atoms with Crippen LogP contribution in [0.2, 0.25) is 5.02 Å². The molecular weight excluding hydrogens is 366 g/mol. The highest BCUT2D eigenvalue weighted by molar-refractivity contribution is 6.30. The summed E-state index contributed by atoms with van der Waals surface area (Å²) in [5.41, 5.74) is 1.43. The van der Waals surface area contributed by atoms with E-state index in [-0.39, 0.29) is 17.9 Å². The number of amides is 3. The van der Waals surface area contributed by atoms with E-state index in [1.807, 2.05) is 31.2 Å². The number of halogens is 1. The predicted octanol–water partition coefficient (Wildman–Crippen LogP) is 3.91. The zero-order chi connectivity index (χ0) is 19.2. The molecule has 0 spiro atoms. The van der Waals surface area contributed by atoms with E-state index in [0.29, 0.717) is 42.6 Å². The molecule has 0 unspecified atom stereocenters. The number of benzene rings is 2. The number of nitrogens with one attached hydrogen (secondary N) is 2. The molecule has 142 valence electrons. The van der Waals surface area contributed by atoms with Gasteiger partial charge in [-0.2, -0.15) is 0 Å². The van der Waals surface area contributed by atoms with Crippen LogP contribution in [0, 0.1) is 5.92 Å². The molecule has 6 nitrogen and oxygen atoms in total. The molecule has 3 amide bonds. The standard InChI is InChI=1S/C20H22ClN3O3/c1-2-27-18-6-4-3-5-17(18)23-20(26)22-12-14-11-19(25)24(13-14)16-9-7-15(21)8-10-16/h3-10,14H,2,11-13H2,1H3,(H2,22,23,26)/t14-/m1/s1. The van der Waals surface area contributed by atoms with E-state index in [9.17, 15) is 9.59 Å². The molecule has 7 heteroatoms. The minimum atomic E-state index is -0.320. The number of para-hydroxylation sites is 2. The highest BCUT2D eigenvalue weighted by Crippen LogP contribution is 2.26. The normalized spacial score (nSPS) is 16.3. The van der Waals surface area contributed by atoms with Gasteiger partial charge in [-0.1, -0.05) is 23.7 Å². The number of nitrogens with zero attached hydrogens (tertiary/aromatic N) is 1. The Hall–Kier alpha value is -2.73. The predicted molar refractivity (Wildman–Crippen MR) is 107 cm³/mol. The Morgan fingerprint density at radius 3 is 2.70 bits per heavy atom. The minimum absolute atomic E-state index is 0.0474. The van der Waals surface area contributed by atoms with Crippen LogP contribution in [0.3, 0.4) is 0 Å². The topological polar surface area (TPSA) is 70.7 Å². The summed E-state index contributed by atoms with van der Waals surface area (Å²) in [7, 11) is 0. The second kappa shape index (κ2) is 8.77. The van der Waals surface area contributed by atoms with Crippen molar-refractivity contribution in [3.05, 3.63) is 53.6 Å². The van der Waals surface area contributed by atoms with Gasteiger partial charge in [0.25, 0.3) is 0 Å². The van der Waals surface area contributed by atoms with Crippen molar-refractivity contribution in [1.29, 1.82) is 0 Å². The fraction of sp³-hybridized carbons (Fsp3) is 0.300. The summed E-state index contributed by atoms with van der Waals surface area (Å²) in [6.07, 6.45) is 0.401. The molecule has 0 aliphatic carbocycles. The van der Waals surface area contributed by atoms with E-state index in [1.54, 1.807) is 29.2 Å². The first-order valence-electron chi connectivity index (χ1n) is 8.89. The second-order valence-corrected chi connectivity index (χ2v) is 6.75. The number of anilines is 2. The summed E-state index contributed by atoms with van der Waals surface area (Å²) >= 11 is 5.90. The van der Waals surface area contributed by atoms with Crippen LogP contribution in [0.1, 0.15) is 13.3 Å². The van der Waals surface area contributed by atoms with E-state index in [2.05, 4.69) is 10.6 Å². The Morgan fingerprint density at radius 2 is 1.96 bits per heavy atom. The lowest BCUT2D eigenvalue weighted by Crippen LogP contribution is -2.34. The summed E-state index contributed by atoms with van der Waals surface area (Å²) in [6.45, 7) is 3.39. The van der Waals surface area contributed by atoms with Gasteiger partial charge in [0.2, 0.25) is 5.91 Å². The Balaban J connectivity index is 1.52. The molecule has 1 aliphatic heterocycles. The Bertz CT molecular complexity index is 810. The van der Waals surface area contributed by atoms with Crippen LogP contribution in [-0.4, -0.2) is 31.6 Å². The average Bonchev–Trinajstić information content (AvgIpc) is 3.03. The fourth-order valence-electron chi connectivity index (χ4n) is 3.04. The van der Waals surface area contributed by atoms with Crippen LogP contribution in [0.5, 0.6) is 5.75 Å². The number of carbonyl (C=O) groups is 2. The van der Waals surface area contributed by atoms with E-state index in [4.69, 9.17) is 16.3 Å². The first kappa shape index (κ1) is 19.0. The van der Waals surface area contributed by atoms with Crippen molar-refractivity contribution in [2.75, 3.05) is 29.9 Å². The van der Waals surface area contributed by atoms with E-state index >= 15 is 0 Å². The lowest BCUT2D eigenvalue weighted by Gasteiger charge is -2.17. The zero-order valence-electron chi connectivity index (χ0n) is 15.1. The first-order valence-corrected chi connectivity index (χ1v) is 9.27. The van der Waals surface area contributed by atoms with Crippen LogP contribution in [0.4, 0.5) is 16.2 Å². The van der Waals surface area contributed by atoms with Crippen molar-refractivity contribution in [2.24, 2.45) is 5.92 Å². The van der Waals surface area contributed by atoms with Crippen molar-refractivity contribution in [3.8, 4) is 5.75 Å². The lowest BCUT2D eigenvalue weighted by molar-refractivity contribution is -0.117. The summed E-state index contributed by atoms with van der Waals surface area (Å²) in [6, 6.07) is 14.1. The molecule has 1 heterocycles. The Labute approximate surface area is 163 Å². The highest BCUT2D eigenvalue weighted by atomic mass is 35.5. The fourth-order valence-corrected chi connectivity index (χ4v) is 3.17. The Morgan fingerprint density at radius 1 is 1.22 bits per heavy atom. The van der Waals surface area contributed by atoms with Crippen LogP contribution in [0.25, 0.3) is 0 Å². The largest absolute Gasteiger partial charge is 0.492 e. The third-order valence-electron chi connectivity index (χ3n) is 4.33. The third kappa shape index (κ3) is 4.92. The number of hydrogen-bond acceptors (Lipinski definition) is 3. The van der Waals surface area contributed by atoms with E-state index in [1.165, 1.54) is 0 Å². The first-order chi connectivity index (χ1) is 13.1. The summed E-state index contributed by atoms with van der Waals surface area (Å²) in [5.74, 6) is 0.729. The molecule has 0 aromatic heterocycles. The zero-order valence-corrected chi connectivity index (χ0v) is 15.8. The van der Waals surface area contributed by atoms with Gasteiger partial charge in [0.05, 0.1) is 12.3 Å². The van der Waals surface area contributed by atoms with Gasteiger partial charge >= 0.3 is 6.03 Å². The van der Waals surface area contributed by atoms with Gasteiger partial charge in [-0.15, -0.1) is 0 Å². The average molecular weight is 388 g/mol. The van der Waals surface area contributed by atoms with Crippen molar-refractivity contribution >= 4 is 34.9 Å². The van der Waals surface area contributed by atoms with Crippen LogP contribution < -0.4 is 20.3 Å². The van der Waals surface area contributed by atoms with Gasteiger partial charge in [-0.25, -0.2) is 4.79 Å². The van der Waals surface area contributed by atoms with Gasteiger partial charge in [0, 0.05) is 36.1 Å². The van der Waals surface area contributed by atoms with Gasteiger partial charge in [-0.3, -0.25) is 4.79 Å². The number of hydrogen-bond donors (Lipinski definition) is 2. The van der Waals surface area contributed by atoms with Gasteiger partial charge in [0.1, 0.15) is 5.75 Å². The molecule has 0 bridgehead atoms. The molecule has 1 fully saturated rings. The molecular formula is C20H22ClN3O3. The van der Waals surface area contributed by atoms with Gasteiger partial charge < -0.3 is 20.3 Å². The quantitative estimate of drug-likeness (QED) is 0.789. The van der Waals surface area contributed by atoms with Crippen molar-refractivity contribution in [2.45, 2.75) is 13.3 Å². The molecule has 3 rings (SSSR count). The molecule has 1 saturated heterocycles. The van der Waals surface area contributed by atoms with Gasteiger partial charge in [0.15, 0.2) is 0 Å². The minimum Gasteiger partial charge on any atom is -0.492 e. The maximum absolute atomic E-state index is 12.3. The van der Waals surface area contributed by atoms with Crippen LogP contribution in [-0.2, 0) is 4.79 Å². The van der Waals surface area contributed by atoms with E-state index in [0.717, 1.165) is 5.69 Å². The summed E-state index contributed by atoms with van der Waals surface area (Å²) in [4.78, 5) is 26.2. The maximum Gasteiger partial charge on any atom is 0.319 e. The molecule has 2 aromatic rings. The maximum atomic E-state index is 12.3. The highest BCUT2D eigenvalue weighted by Gasteiger charge is 2.30. The lowest BCUT2D eigenvalue weighted by atomic mass is 10.1. The second-order valence-electron chi connectivity index (χ2n) is 6.32. The summed E-state index contributed by atoms with van der Waals surface area (Å²) < 4.78 is 5.50. The third-order valence-corrected chi connectivity index (χ3v) is 4.58. The SMILES string of the molecule is CCOc1ccccc1NC(=O)NC[C@H]1CC(=O)N(c2ccc(Cl)cc2)C1. The molecule has 27 heavy (non-hydrogen) atoms. The number of carbonyl (C=O) groups excluding carboxylic acids is 2. The van der Waals surface area contributed by atoms with Crippen molar-refractivity contribution in [1.82, 2.24) is 5.32 Å². The van der Waals surface area contributed by atoms with Crippen molar-refractivity contribution < 1.29 is 14.3 Å². The van der Waals surface area contributed by atoms with E-state index < -0.39 is 0 Å². The van der Waals surface area contributed by atoms with Gasteiger partial charge in [-0.05, 0) is 43.3 Å². The monoisotopic (exact) mass is 387 g/mol. The Kier molecular flexibility index (Phi) is 6.19. The van der Waals surface area contributed by atoms with Crippen LogP contribution in [0.15, 0.2) is 48.5 Å². The molecule has 0 saturated carbocycles. The van der Waals surface area contributed by atoms with Crippen molar-refractivity contribution in [3.63, 3.8) is 0 Å². The molecule has 1 atom stereocenters. The number of ether oxygens (including phenoxy) is 1. The molecule has 2 N–H and O–H groups in total. The molecule has 1 aliphatic rings. The number of rotatable bonds is 6. The molecule has 2 aromatic carbocycles. The van der Waals surface area contributed by atoms with Crippen LogP contribution >= 0.6 is 11.6 Å². The smallest absolute Gasteiger partial charge is 0.319 e.